The third-order valence-electron chi connectivity index (χ3n) is 4.09. The minimum atomic E-state index is -5.06. The first-order valence-corrected chi connectivity index (χ1v) is 8.66. The fraction of sp³-hybridized carbons (Fsp3) is 0.278. The predicted octanol–water partition coefficient (Wildman–Crippen LogP) is 3.89. The summed E-state index contributed by atoms with van der Waals surface area (Å²) in [5, 5.41) is 6.48. The van der Waals surface area contributed by atoms with Crippen molar-refractivity contribution < 1.29 is 31.1 Å². The number of rotatable bonds is 4. The number of halogens is 6. The highest BCUT2D eigenvalue weighted by Gasteiger charge is 2.37. The summed E-state index contributed by atoms with van der Waals surface area (Å²) >= 11 is 0. The summed E-state index contributed by atoms with van der Waals surface area (Å²) in [7, 11) is 0. The Morgan fingerprint density at radius 2 is 1.65 bits per heavy atom. The third-order valence-corrected chi connectivity index (χ3v) is 4.09. The maximum absolute atomic E-state index is 13.0. The van der Waals surface area contributed by atoms with Gasteiger partial charge in [-0.2, -0.15) is 31.0 Å². The molecule has 3 rings (SSSR count). The van der Waals surface area contributed by atoms with Crippen LogP contribution in [0.15, 0.2) is 36.8 Å². The summed E-state index contributed by atoms with van der Waals surface area (Å²) < 4.78 is 79.5. The lowest BCUT2D eigenvalue weighted by Crippen LogP contribution is -2.29. The van der Waals surface area contributed by atoms with E-state index in [1.807, 2.05) is 0 Å². The van der Waals surface area contributed by atoms with Gasteiger partial charge in [0.2, 0.25) is 0 Å². The van der Waals surface area contributed by atoms with Crippen LogP contribution in [0.1, 0.15) is 46.1 Å². The molecule has 1 amide bonds. The Bertz CT molecular complexity index is 1060. The molecule has 0 unspecified atom stereocenters. The van der Waals surface area contributed by atoms with Gasteiger partial charge in [0.15, 0.2) is 11.6 Å². The molecule has 2 aromatic heterocycles. The van der Waals surface area contributed by atoms with E-state index in [2.05, 4.69) is 25.4 Å². The number of carbonyl (C=O) groups excluding carboxylic acids is 1. The van der Waals surface area contributed by atoms with Crippen LogP contribution < -0.4 is 5.32 Å². The van der Waals surface area contributed by atoms with Crippen molar-refractivity contribution in [3.63, 3.8) is 0 Å². The van der Waals surface area contributed by atoms with E-state index in [0.29, 0.717) is 18.0 Å². The lowest BCUT2D eigenvalue weighted by atomic mass is 10.0. The van der Waals surface area contributed by atoms with Crippen molar-refractivity contribution >= 4 is 5.91 Å². The van der Waals surface area contributed by atoms with Crippen LogP contribution in [0.2, 0.25) is 0 Å². The lowest BCUT2D eigenvalue weighted by Gasteiger charge is -2.17. The molecule has 1 N–H and O–H groups in total. The Morgan fingerprint density at radius 3 is 2.16 bits per heavy atom. The number of hydrogen-bond acceptors (Lipinski definition) is 5. The molecule has 0 aliphatic carbocycles. The second-order valence-electron chi connectivity index (χ2n) is 6.48. The lowest BCUT2D eigenvalue weighted by molar-refractivity contribution is -0.143. The van der Waals surface area contributed by atoms with Crippen molar-refractivity contribution in [2.75, 3.05) is 0 Å². The molecular weight excluding hydrogens is 430 g/mol. The number of nitrogens with zero attached hydrogens (tertiary/aromatic N) is 5. The van der Waals surface area contributed by atoms with Crippen LogP contribution in [0.4, 0.5) is 26.3 Å². The molecule has 1 atom stereocenters. The van der Waals surface area contributed by atoms with Gasteiger partial charge in [-0.1, -0.05) is 0 Å². The van der Waals surface area contributed by atoms with E-state index < -0.39 is 41.0 Å². The number of benzene rings is 1. The monoisotopic (exact) mass is 444 g/mol. The molecule has 0 fully saturated rings. The second-order valence-corrected chi connectivity index (χ2v) is 6.48. The molecule has 7 nitrogen and oxygen atoms in total. The standard InChI is InChI=1S/C18H14F6N6O/c1-9(15-28-10(2)29-30(15)14-8-25-3-4-26-14)27-16(31)11-5-12(17(19,20)21)7-13(6-11)18(22,23)24/h3-9H,1-2H3,(H,27,31)/t9-/m0/s1. The molecule has 13 heteroatoms. The first kappa shape index (κ1) is 22.2. The van der Waals surface area contributed by atoms with Crippen molar-refractivity contribution in [1.29, 1.82) is 0 Å². The van der Waals surface area contributed by atoms with Gasteiger partial charge in [-0.25, -0.2) is 9.97 Å². The molecule has 31 heavy (non-hydrogen) atoms. The number of nitrogens with one attached hydrogen (secondary N) is 1. The van der Waals surface area contributed by atoms with Crippen molar-refractivity contribution in [1.82, 2.24) is 30.0 Å². The fourth-order valence-corrected chi connectivity index (χ4v) is 2.71. The van der Waals surface area contributed by atoms with E-state index in [9.17, 15) is 31.1 Å². The van der Waals surface area contributed by atoms with E-state index in [1.54, 1.807) is 6.92 Å². The molecule has 164 valence electrons. The van der Waals surface area contributed by atoms with Crippen LogP contribution in [-0.2, 0) is 12.4 Å². The third kappa shape index (κ3) is 4.98. The Labute approximate surface area is 171 Å². The minimum Gasteiger partial charge on any atom is -0.342 e. The average molecular weight is 444 g/mol. The number of aromatic nitrogens is 5. The molecule has 0 radical (unpaired) electrons. The van der Waals surface area contributed by atoms with Gasteiger partial charge in [0.25, 0.3) is 5.91 Å². The quantitative estimate of drug-likeness (QED) is 0.617. The maximum Gasteiger partial charge on any atom is 0.416 e. The molecule has 0 aliphatic rings. The molecule has 1 aromatic carbocycles. The SMILES string of the molecule is Cc1nc([C@H](C)NC(=O)c2cc(C(F)(F)F)cc(C(F)(F)F)c2)n(-c2cnccn2)n1. The van der Waals surface area contributed by atoms with Gasteiger partial charge in [-0.05, 0) is 32.0 Å². The van der Waals surface area contributed by atoms with Gasteiger partial charge >= 0.3 is 12.4 Å². The highest BCUT2D eigenvalue weighted by Crippen LogP contribution is 2.36. The molecule has 0 saturated heterocycles. The number of aryl methyl sites for hydroxylation is 1. The molecule has 0 aliphatic heterocycles. The average Bonchev–Trinajstić information content (AvgIpc) is 3.09. The summed E-state index contributed by atoms with van der Waals surface area (Å²) in [5.41, 5.74) is -3.96. The summed E-state index contributed by atoms with van der Waals surface area (Å²) in [6.07, 6.45) is -5.95. The summed E-state index contributed by atoms with van der Waals surface area (Å²) in [6, 6.07) is -0.264. The first-order valence-electron chi connectivity index (χ1n) is 8.66. The number of carbonyl (C=O) groups is 1. The van der Waals surface area contributed by atoms with Gasteiger partial charge in [0, 0.05) is 18.0 Å². The second kappa shape index (κ2) is 7.96. The van der Waals surface area contributed by atoms with Crippen molar-refractivity contribution in [2.45, 2.75) is 32.2 Å². The number of alkyl halides is 6. The van der Waals surface area contributed by atoms with Gasteiger partial charge in [-0.3, -0.25) is 9.78 Å². The van der Waals surface area contributed by atoms with E-state index in [-0.39, 0.29) is 17.7 Å². The molecule has 3 aromatic rings. The van der Waals surface area contributed by atoms with Crippen LogP contribution in [0, 0.1) is 6.92 Å². The van der Waals surface area contributed by atoms with Gasteiger partial charge in [0.1, 0.15) is 5.82 Å². The van der Waals surface area contributed by atoms with Crippen LogP contribution in [0.3, 0.4) is 0 Å². The minimum absolute atomic E-state index is 0.0474. The molecule has 2 heterocycles. The summed E-state index contributed by atoms with van der Waals surface area (Å²) in [4.78, 5) is 24.6. The Kier molecular flexibility index (Phi) is 5.70. The van der Waals surface area contributed by atoms with E-state index in [1.165, 1.54) is 30.2 Å². The molecular formula is C18H14F6N6O. The largest absolute Gasteiger partial charge is 0.416 e. The van der Waals surface area contributed by atoms with Crippen molar-refractivity contribution in [3.8, 4) is 5.82 Å². The summed E-state index contributed by atoms with van der Waals surface area (Å²) in [6.45, 7) is 3.01. The Balaban J connectivity index is 1.94. The van der Waals surface area contributed by atoms with Crippen LogP contribution >= 0.6 is 0 Å². The zero-order valence-corrected chi connectivity index (χ0v) is 16.0. The highest BCUT2D eigenvalue weighted by molar-refractivity contribution is 5.94. The predicted molar refractivity (Wildman–Crippen MR) is 94.0 cm³/mol. The van der Waals surface area contributed by atoms with Crippen molar-refractivity contribution in [3.05, 3.63) is 65.1 Å². The fourth-order valence-electron chi connectivity index (χ4n) is 2.71. The van der Waals surface area contributed by atoms with Gasteiger partial charge in [0.05, 0.1) is 23.4 Å². The van der Waals surface area contributed by atoms with Crippen LogP contribution in [-0.4, -0.2) is 30.6 Å². The van der Waals surface area contributed by atoms with Crippen LogP contribution in [0.25, 0.3) is 5.82 Å². The smallest absolute Gasteiger partial charge is 0.342 e. The van der Waals surface area contributed by atoms with Crippen LogP contribution in [0.5, 0.6) is 0 Å². The zero-order valence-electron chi connectivity index (χ0n) is 16.0. The Morgan fingerprint density at radius 1 is 1.03 bits per heavy atom. The maximum atomic E-state index is 13.0. The van der Waals surface area contributed by atoms with E-state index in [0.717, 1.165) is 0 Å². The first-order chi connectivity index (χ1) is 14.4. The zero-order chi connectivity index (χ0) is 23.0. The number of amides is 1. The molecule has 0 bridgehead atoms. The van der Waals surface area contributed by atoms with Crippen molar-refractivity contribution in [2.24, 2.45) is 0 Å². The topological polar surface area (TPSA) is 85.6 Å². The Hall–Kier alpha value is -3.51. The van der Waals surface area contributed by atoms with E-state index >= 15 is 0 Å². The van der Waals surface area contributed by atoms with Gasteiger partial charge < -0.3 is 5.32 Å². The summed E-state index contributed by atoms with van der Waals surface area (Å²) in [5.74, 6) is -0.414. The highest BCUT2D eigenvalue weighted by atomic mass is 19.4. The molecule has 0 saturated carbocycles. The number of hydrogen-bond donors (Lipinski definition) is 1. The molecule has 0 spiro atoms. The van der Waals surface area contributed by atoms with E-state index in [4.69, 9.17) is 0 Å². The normalized spacial score (nSPS) is 13.2. The van der Waals surface area contributed by atoms with Gasteiger partial charge in [-0.15, -0.1) is 5.10 Å².